The predicted molar refractivity (Wildman–Crippen MR) is 66.1 cm³/mol. The molecule has 5 heteroatoms. The van der Waals surface area contributed by atoms with Gasteiger partial charge in [0.15, 0.2) is 17.7 Å². The number of ether oxygens (including phenoxy) is 1. The van der Waals surface area contributed by atoms with E-state index in [1.807, 2.05) is 6.92 Å². The smallest absolute Gasteiger partial charge is 0.344 e. The van der Waals surface area contributed by atoms with Crippen molar-refractivity contribution in [2.45, 2.75) is 32.9 Å². The standard InChI is InChI=1S/C13H18FNO3/c1-3-7-15-8-10-5-4-6-11(14)12(10)18-9(2)13(16)17/h4-6,9,15H,3,7-8H2,1-2H3,(H,16,17). The summed E-state index contributed by atoms with van der Waals surface area (Å²) in [5, 5.41) is 11.9. The Balaban J connectivity index is 2.83. The molecule has 1 unspecified atom stereocenters. The molecule has 0 bridgehead atoms. The van der Waals surface area contributed by atoms with Crippen molar-refractivity contribution in [1.82, 2.24) is 5.32 Å². The highest BCUT2D eigenvalue weighted by Crippen LogP contribution is 2.23. The molecular formula is C13H18FNO3. The summed E-state index contributed by atoms with van der Waals surface area (Å²) in [6.45, 7) is 4.66. The third kappa shape index (κ3) is 4.00. The molecule has 0 amide bonds. The minimum atomic E-state index is -1.12. The molecule has 4 nitrogen and oxygen atoms in total. The van der Waals surface area contributed by atoms with Crippen molar-refractivity contribution in [3.63, 3.8) is 0 Å². The molecule has 1 rings (SSSR count). The number of rotatable bonds is 7. The second-order valence-corrected chi connectivity index (χ2v) is 4.00. The normalized spacial score (nSPS) is 12.2. The fourth-order valence-electron chi connectivity index (χ4n) is 1.45. The van der Waals surface area contributed by atoms with Crippen molar-refractivity contribution in [3.8, 4) is 5.75 Å². The second kappa shape index (κ2) is 6.96. The van der Waals surface area contributed by atoms with Crippen LogP contribution in [-0.2, 0) is 11.3 Å². The fraction of sp³-hybridized carbons (Fsp3) is 0.462. The maximum atomic E-state index is 13.6. The van der Waals surface area contributed by atoms with Crippen molar-refractivity contribution in [1.29, 1.82) is 0 Å². The summed E-state index contributed by atoms with van der Waals surface area (Å²) in [5.41, 5.74) is 0.622. The Morgan fingerprint density at radius 1 is 1.56 bits per heavy atom. The van der Waals surface area contributed by atoms with E-state index < -0.39 is 17.9 Å². The number of benzene rings is 1. The Hall–Kier alpha value is -1.62. The zero-order chi connectivity index (χ0) is 13.5. The van der Waals surface area contributed by atoms with Crippen molar-refractivity contribution >= 4 is 5.97 Å². The molecule has 0 radical (unpaired) electrons. The van der Waals surface area contributed by atoms with Crippen LogP contribution in [0, 0.1) is 5.82 Å². The maximum Gasteiger partial charge on any atom is 0.344 e. The van der Waals surface area contributed by atoms with Gasteiger partial charge >= 0.3 is 5.97 Å². The van der Waals surface area contributed by atoms with Crippen LogP contribution in [-0.4, -0.2) is 23.7 Å². The highest BCUT2D eigenvalue weighted by atomic mass is 19.1. The first kappa shape index (κ1) is 14.4. The first-order valence-electron chi connectivity index (χ1n) is 5.93. The van der Waals surface area contributed by atoms with E-state index in [1.165, 1.54) is 13.0 Å². The van der Waals surface area contributed by atoms with Crippen LogP contribution in [0.1, 0.15) is 25.8 Å². The van der Waals surface area contributed by atoms with E-state index in [9.17, 15) is 9.18 Å². The number of carboxylic acid groups (broad SMARTS) is 1. The highest BCUT2D eigenvalue weighted by molar-refractivity contribution is 5.72. The lowest BCUT2D eigenvalue weighted by molar-refractivity contribution is -0.144. The quantitative estimate of drug-likeness (QED) is 0.733. The summed E-state index contributed by atoms with van der Waals surface area (Å²) in [4.78, 5) is 10.7. The van der Waals surface area contributed by atoms with Crippen LogP contribution in [0.2, 0.25) is 0 Å². The monoisotopic (exact) mass is 255 g/mol. The summed E-state index contributed by atoms with van der Waals surface area (Å²) in [6.07, 6.45) is -0.108. The number of nitrogens with one attached hydrogen (secondary N) is 1. The van der Waals surface area contributed by atoms with Crippen LogP contribution >= 0.6 is 0 Å². The van der Waals surface area contributed by atoms with Crippen LogP contribution in [0.5, 0.6) is 5.75 Å². The number of hydrogen-bond donors (Lipinski definition) is 2. The van der Waals surface area contributed by atoms with E-state index in [4.69, 9.17) is 9.84 Å². The molecule has 0 saturated heterocycles. The SMILES string of the molecule is CCCNCc1cccc(F)c1OC(C)C(=O)O. The van der Waals surface area contributed by atoms with Crippen molar-refractivity contribution in [3.05, 3.63) is 29.6 Å². The minimum Gasteiger partial charge on any atom is -0.479 e. The zero-order valence-electron chi connectivity index (χ0n) is 10.6. The Bertz CT molecular complexity index is 409. The summed E-state index contributed by atoms with van der Waals surface area (Å²) in [5.74, 6) is -1.65. The third-order valence-corrected chi connectivity index (χ3v) is 2.43. The van der Waals surface area contributed by atoms with Crippen molar-refractivity contribution in [2.24, 2.45) is 0 Å². The average molecular weight is 255 g/mol. The maximum absolute atomic E-state index is 13.6. The fourth-order valence-corrected chi connectivity index (χ4v) is 1.45. The van der Waals surface area contributed by atoms with Gasteiger partial charge in [0.1, 0.15) is 0 Å². The van der Waals surface area contributed by atoms with Gasteiger partial charge in [-0.05, 0) is 26.0 Å². The van der Waals surface area contributed by atoms with Gasteiger partial charge in [0, 0.05) is 12.1 Å². The second-order valence-electron chi connectivity index (χ2n) is 4.00. The van der Waals surface area contributed by atoms with Gasteiger partial charge in [-0.2, -0.15) is 0 Å². The van der Waals surface area contributed by atoms with Gasteiger partial charge in [-0.1, -0.05) is 19.1 Å². The molecule has 0 aromatic heterocycles. The van der Waals surface area contributed by atoms with E-state index in [1.54, 1.807) is 12.1 Å². The van der Waals surface area contributed by atoms with E-state index in [2.05, 4.69) is 5.32 Å². The van der Waals surface area contributed by atoms with E-state index >= 15 is 0 Å². The van der Waals surface area contributed by atoms with Crippen LogP contribution in [0.25, 0.3) is 0 Å². The third-order valence-electron chi connectivity index (χ3n) is 2.43. The lowest BCUT2D eigenvalue weighted by Crippen LogP contribution is -2.24. The number of carboxylic acids is 1. The lowest BCUT2D eigenvalue weighted by atomic mass is 10.2. The van der Waals surface area contributed by atoms with Gasteiger partial charge < -0.3 is 15.2 Å². The van der Waals surface area contributed by atoms with Gasteiger partial charge in [0.05, 0.1) is 0 Å². The Labute approximate surface area is 106 Å². The van der Waals surface area contributed by atoms with Crippen molar-refractivity contribution < 1.29 is 19.0 Å². The molecule has 0 saturated carbocycles. The molecule has 0 spiro atoms. The molecule has 1 aromatic rings. The number of aliphatic carboxylic acids is 1. The largest absolute Gasteiger partial charge is 0.479 e. The molecule has 1 aromatic carbocycles. The number of para-hydroxylation sites is 1. The molecule has 18 heavy (non-hydrogen) atoms. The molecule has 100 valence electrons. The van der Waals surface area contributed by atoms with E-state index in [-0.39, 0.29) is 5.75 Å². The molecular weight excluding hydrogens is 237 g/mol. The van der Waals surface area contributed by atoms with Gasteiger partial charge in [-0.15, -0.1) is 0 Å². The van der Waals surface area contributed by atoms with Gasteiger partial charge in [-0.25, -0.2) is 9.18 Å². The predicted octanol–water partition coefficient (Wildman–Crippen LogP) is 2.18. The summed E-state index contributed by atoms with van der Waals surface area (Å²) < 4.78 is 18.8. The van der Waals surface area contributed by atoms with Gasteiger partial charge in [0.25, 0.3) is 0 Å². The number of halogens is 1. The Kier molecular flexibility index (Phi) is 5.58. The average Bonchev–Trinajstić information content (AvgIpc) is 2.33. The first-order chi connectivity index (χ1) is 8.56. The summed E-state index contributed by atoms with van der Waals surface area (Å²) >= 11 is 0. The Morgan fingerprint density at radius 3 is 2.89 bits per heavy atom. The molecule has 0 aliphatic carbocycles. The molecule has 0 aliphatic rings. The summed E-state index contributed by atoms with van der Waals surface area (Å²) in [6, 6.07) is 4.56. The minimum absolute atomic E-state index is 0.0102. The number of carbonyl (C=O) groups is 1. The van der Waals surface area contributed by atoms with Gasteiger partial charge in [-0.3, -0.25) is 0 Å². The van der Waals surface area contributed by atoms with Crippen LogP contribution in [0.15, 0.2) is 18.2 Å². The van der Waals surface area contributed by atoms with Crippen LogP contribution in [0.3, 0.4) is 0 Å². The number of hydrogen-bond acceptors (Lipinski definition) is 3. The molecule has 0 heterocycles. The lowest BCUT2D eigenvalue weighted by Gasteiger charge is -2.15. The first-order valence-corrected chi connectivity index (χ1v) is 5.93. The Morgan fingerprint density at radius 2 is 2.28 bits per heavy atom. The molecule has 0 fully saturated rings. The molecule has 2 N–H and O–H groups in total. The van der Waals surface area contributed by atoms with E-state index in [0.29, 0.717) is 12.1 Å². The molecule has 1 atom stereocenters. The van der Waals surface area contributed by atoms with Crippen LogP contribution < -0.4 is 10.1 Å². The topological polar surface area (TPSA) is 58.6 Å². The van der Waals surface area contributed by atoms with Crippen LogP contribution in [0.4, 0.5) is 4.39 Å². The van der Waals surface area contributed by atoms with Gasteiger partial charge in [0.2, 0.25) is 0 Å². The molecule has 0 aliphatic heterocycles. The zero-order valence-corrected chi connectivity index (χ0v) is 10.6. The van der Waals surface area contributed by atoms with Crippen molar-refractivity contribution in [2.75, 3.05) is 6.54 Å². The van der Waals surface area contributed by atoms with E-state index in [0.717, 1.165) is 13.0 Å². The summed E-state index contributed by atoms with van der Waals surface area (Å²) in [7, 11) is 0. The highest BCUT2D eigenvalue weighted by Gasteiger charge is 2.17.